The van der Waals surface area contributed by atoms with Gasteiger partial charge in [-0.05, 0) is 31.4 Å². The number of amides is 2. The van der Waals surface area contributed by atoms with Crippen molar-refractivity contribution in [1.29, 1.82) is 0 Å². The Morgan fingerprint density at radius 2 is 2.15 bits per heavy atom. The molecule has 20 heavy (non-hydrogen) atoms. The Labute approximate surface area is 119 Å². The number of allylic oxidation sites excluding steroid dienone is 1. The van der Waals surface area contributed by atoms with E-state index in [1.165, 1.54) is 0 Å². The van der Waals surface area contributed by atoms with Crippen molar-refractivity contribution in [2.24, 2.45) is 5.41 Å². The molecule has 0 bridgehead atoms. The van der Waals surface area contributed by atoms with Crippen molar-refractivity contribution in [2.75, 3.05) is 6.61 Å². The highest BCUT2D eigenvalue weighted by atomic mass is 16.7. The van der Waals surface area contributed by atoms with Gasteiger partial charge in [0.15, 0.2) is 0 Å². The molecule has 0 aliphatic carbocycles. The van der Waals surface area contributed by atoms with Gasteiger partial charge in [0.25, 0.3) is 11.8 Å². The Bertz CT molecular complexity index is 512. The van der Waals surface area contributed by atoms with Crippen LogP contribution in [0.25, 0.3) is 0 Å². The van der Waals surface area contributed by atoms with Crippen LogP contribution in [0.15, 0.2) is 43.0 Å². The summed E-state index contributed by atoms with van der Waals surface area (Å²) >= 11 is 0. The summed E-state index contributed by atoms with van der Waals surface area (Å²) in [6.07, 6.45) is 3.69. The van der Waals surface area contributed by atoms with Gasteiger partial charge >= 0.3 is 0 Å². The van der Waals surface area contributed by atoms with Gasteiger partial charge in [0.2, 0.25) is 0 Å². The fourth-order valence-electron chi connectivity index (χ4n) is 2.39. The molecule has 1 aromatic rings. The Hall–Kier alpha value is -1.94. The molecule has 0 unspecified atom stereocenters. The average molecular weight is 273 g/mol. The molecule has 4 heteroatoms. The molecule has 1 fully saturated rings. The third-order valence-electron chi connectivity index (χ3n) is 3.59. The molecule has 106 valence electrons. The second kappa shape index (κ2) is 6.01. The molecule has 0 radical (unpaired) electrons. The average Bonchev–Trinajstić information content (AvgIpc) is 2.60. The highest BCUT2D eigenvalue weighted by Gasteiger charge is 2.41. The molecule has 1 atom stereocenters. The Morgan fingerprint density at radius 1 is 1.45 bits per heavy atom. The molecule has 0 spiro atoms. The van der Waals surface area contributed by atoms with E-state index in [1.807, 2.05) is 13.0 Å². The Kier molecular flexibility index (Phi) is 4.35. The van der Waals surface area contributed by atoms with E-state index >= 15 is 0 Å². The Morgan fingerprint density at radius 3 is 2.80 bits per heavy atom. The summed E-state index contributed by atoms with van der Waals surface area (Å²) in [6, 6.07) is 8.70. The van der Waals surface area contributed by atoms with Crippen LogP contribution in [0.4, 0.5) is 0 Å². The third-order valence-corrected chi connectivity index (χ3v) is 3.59. The van der Waals surface area contributed by atoms with Gasteiger partial charge in [-0.15, -0.1) is 11.6 Å². The van der Waals surface area contributed by atoms with Crippen molar-refractivity contribution >= 4 is 11.8 Å². The van der Waals surface area contributed by atoms with Crippen molar-refractivity contribution in [2.45, 2.75) is 26.2 Å². The van der Waals surface area contributed by atoms with Gasteiger partial charge in [0.1, 0.15) is 0 Å². The number of carbonyl (C=O) groups excluding carboxylic acids is 2. The molecule has 4 nitrogen and oxygen atoms in total. The number of imide groups is 1. The molecule has 0 saturated carbocycles. The highest BCUT2D eigenvalue weighted by Crippen LogP contribution is 2.33. The van der Waals surface area contributed by atoms with Gasteiger partial charge in [-0.2, -0.15) is 0 Å². The van der Waals surface area contributed by atoms with Crippen molar-refractivity contribution in [3.05, 3.63) is 48.6 Å². The molecule has 1 heterocycles. The Balaban J connectivity index is 2.28. The topological polar surface area (TPSA) is 46.6 Å². The first-order valence-electron chi connectivity index (χ1n) is 6.76. The summed E-state index contributed by atoms with van der Waals surface area (Å²) in [6.45, 7) is 5.93. The first-order valence-corrected chi connectivity index (χ1v) is 6.76. The maximum atomic E-state index is 12.6. The van der Waals surface area contributed by atoms with Gasteiger partial charge in [0, 0.05) is 5.56 Å². The van der Waals surface area contributed by atoms with E-state index in [9.17, 15) is 9.59 Å². The maximum absolute atomic E-state index is 12.6. The molecule has 2 amide bonds. The van der Waals surface area contributed by atoms with Gasteiger partial charge in [-0.3, -0.25) is 14.4 Å². The quantitative estimate of drug-likeness (QED) is 0.628. The standard InChI is InChI=1S/C16H19NO3/c1-3-10-16(2)11-7-12-20-17(15(16)19)14(18)13-8-5-4-6-9-13/h3-6,8-9H,1,7,10-12H2,2H3/t16-/m1/s1. The molecule has 0 aromatic heterocycles. The van der Waals surface area contributed by atoms with Crippen LogP contribution in [-0.4, -0.2) is 23.5 Å². The van der Waals surface area contributed by atoms with E-state index in [0.29, 0.717) is 25.0 Å². The monoisotopic (exact) mass is 273 g/mol. The fraction of sp³-hybridized carbons (Fsp3) is 0.375. The zero-order valence-electron chi connectivity index (χ0n) is 11.7. The van der Waals surface area contributed by atoms with E-state index < -0.39 is 11.3 Å². The van der Waals surface area contributed by atoms with Crippen molar-refractivity contribution in [3.63, 3.8) is 0 Å². The van der Waals surface area contributed by atoms with Crippen LogP contribution < -0.4 is 0 Å². The van der Waals surface area contributed by atoms with Gasteiger partial charge in [0.05, 0.1) is 12.0 Å². The van der Waals surface area contributed by atoms with Gasteiger partial charge < -0.3 is 0 Å². The number of benzene rings is 1. The van der Waals surface area contributed by atoms with E-state index in [-0.39, 0.29) is 5.91 Å². The largest absolute Gasteiger partial charge is 0.284 e. The van der Waals surface area contributed by atoms with E-state index in [0.717, 1.165) is 11.5 Å². The lowest BCUT2D eigenvalue weighted by molar-refractivity contribution is -0.173. The first-order chi connectivity index (χ1) is 9.58. The minimum absolute atomic E-state index is 0.288. The normalized spacial score (nSPS) is 23.2. The van der Waals surface area contributed by atoms with Crippen LogP contribution in [0.3, 0.4) is 0 Å². The van der Waals surface area contributed by atoms with Crippen molar-refractivity contribution in [1.82, 2.24) is 5.06 Å². The second-order valence-corrected chi connectivity index (χ2v) is 5.26. The number of nitrogens with zero attached hydrogens (tertiary/aromatic N) is 1. The first kappa shape index (κ1) is 14.5. The minimum Gasteiger partial charge on any atom is -0.271 e. The molecule has 1 aromatic carbocycles. The van der Waals surface area contributed by atoms with E-state index in [2.05, 4.69) is 6.58 Å². The molecular weight excluding hydrogens is 254 g/mol. The van der Waals surface area contributed by atoms with Crippen LogP contribution in [0.5, 0.6) is 0 Å². The van der Waals surface area contributed by atoms with Crippen molar-refractivity contribution < 1.29 is 14.4 Å². The summed E-state index contributed by atoms with van der Waals surface area (Å²) < 4.78 is 0. The second-order valence-electron chi connectivity index (χ2n) is 5.26. The zero-order chi connectivity index (χ0) is 14.6. The molecule has 2 rings (SSSR count). The van der Waals surface area contributed by atoms with Crippen LogP contribution in [0.1, 0.15) is 36.5 Å². The molecular formula is C16H19NO3. The maximum Gasteiger partial charge on any atom is 0.284 e. The van der Waals surface area contributed by atoms with E-state index in [1.54, 1.807) is 30.3 Å². The molecule has 1 aliphatic rings. The number of hydrogen-bond donors (Lipinski definition) is 0. The lowest BCUT2D eigenvalue weighted by Crippen LogP contribution is -2.43. The van der Waals surface area contributed by atoms with Crippen LogP contribution in [0.2, 0.25) is 0 Å². The van der Waals surface area contributed by atoms with Crippen molar-refractivity contribution in [3.8, 4) is 0 Å². The predicted octanol–water partition coefficient (Wildman–Crippen LogP) is 2.96. The molecule has 0 N–H and O–H groups in total. The lowest BCUT2D eigenvalue weighted by atomic mass is 9.81. The van der Waals surface area contributed by atoms with Gasteiger partial charge in [-0.25, -0.2) is 0 Å². The minimum atomic E-state index is -0.622. The summed E-state index contributed by atoms with van der Waals surface area (Å²) in [5.41, 5.74) is -0.174. The van der Waals surface area contributed by atoms with E-state index in [4.69, 9.17) is 4.84 Å². The lowest BCUT2D eigenvalue weighted by Gasteiger charge is -2.28. The van der Waals surface area contributed by atoms with Crippen LogP contribution in [-0.2, 0) is 9.63 Å². The fourth-order valence-corrected chi connectivity index (χ4v) is 2.39. The van der Waals surface area contributed by atoms with Gasteiger partial charge in [-0.1, -0.05) is 31.2 Å². The molecule has 1 aliphatic heterocycles. The van der Waals surface area contributed by atoms with Crippen LogP contribution in [0, 0.1) is 5.41 Å². The van der Waals surface area contributed by atoms with Crippen LogP contribution >= 0.6 is 0 Å². The third kappa shape index (κ3) is 2.80. The zero-order valence-corrected chi connectivity index (χ0v) is 11.7. The number of rotatable bonds is 3. The summed E-state index contributed by atoms with van der Waals surface area (Å²) in [7, 11) is 0. The SMILES string of the molecule is C=CC[C@]1(C)CCCON(C(=O)c2ccccc2)C1=O. The number of hydrogen-bond acceptors (Lipinski definition) is 3. The number of carbonyl (C=O) groups is 2. The predicted molar refractivity (Wildman–Crippen MR) is 75.7 cm³/mol. The molecule has 1 saturated heterocycles. The summed E-state index contributed by atoms with van der Waals surface area (Å²) in [5.74, 6) is -0.698. The highest BCUT2D eigenvalue weighted by molar-refractivity contribution is 6.05. The smallest absolute Gasteiger partial charge is 0.271 e. The summed E-state index contributed by atoms with van der Waals surface area (Å²) in [5, 5.41) is 0.922. The number of hydroxylamine groups is 2. The summed E-state index contributed by atoms with van der Waals surface area (Å²) in [4.78, 5) is 30.4.